The van der Waals surface area contributed by atoms with Crippen molar-refractivity contribution >= 4 is 6.41 Å². The van der Waals surface area contributed by atoms with Gasteiger partial charge >= 0.3 is 0 Å². The number of nitrogens with one attached hydrogen (secondary N) is 1. The van der Waals surface area contributed by atoms with Gasteiger partial charge in [0.05, 0.1) is 0 Å². The Balaban J connectivity index is 2.23. The Morgan fingerprint density at radius 3 is 2.85 bits per heavy atom. The van der Waals surface area contributed by atoms with Crippen LogP contribution in [0, 0.1) is 0 Å². The summed E-state index contributed by atoms with van der Waals surface area (Å²) in [6.07, 6.45) is 0.375. The second-order valence-electron chi connectivity index (χ2n) is 2.62. The molecule has 0 saturated carbocycles. The highest BCUT2D eigenvalue weighted by atomic mass is 16.2. The van der Waals surface area contributed by atoms with E-state index in [1.165, 1.54) is 5.01 Å². The summed E-state index contributed by atoms with van der Waals surface area (Å²) < 4.78 is 0. The number of carbonyl (C=O) groups excluding carboxylic acids is 1. The van der Waals surface area contributed by atoms with Crippen LogP contribution in [0.5, 0.6) is 0 Å². The Kier molecular flexibility index (Phi) is 1.91. The van der Waals surface area contributed by atoms with Crippen LogP contribution >= 0.6 is 0 Å². The van der Waals surface area contributed by atoms with Crippen LogP contribution in [0.4, 0.5) is 0 Å². The highest BCUT2D eigenvalue weighted by molar-refractivity contribution is 5.48. The summed E-state index contributed by atoms with van der Waals surface area (Å²) in [6.45, 7) is 0. The minimum atomic E-state index is -0.265. The Labute approximate surface area is 75.0 Å². The molecular formula is C8H8N4O. The van der Waals surface area contributed by atoms with E-state index in [1.54, 1.807) is 0 Å². The quantitative estimate of drug-likeness (QED) is 0.684. The molecule has 0 bridgehead atoms. The first-order valence-corrected chi connectivity index (χ1v) is 3.86. The lowest BCUT2D eigenvalue weighted by atomic mass is 10.2. The van der Waals surface area contributed by atoms with Crippen molar-refractivity contribution in [3.63, 3.8) is 0 Å². The van der Waals surface area contributed by atoms with Crippen LogP contribution in [0.25, 0.3) is 0 Å². The fraction of sp³-hybridized carbons (Fsp3) is 0.125. The van der Waals surface area contributed by atoms with Gasteiger partial charge in [-0.05, 0) is 10.8 Å². The Morgan fingerprint density at radius 1 is 1.38 bits per heavy atom. The zero-order chi connectivity index (χ0) is 9.10. The topological polar surface area (TPSA) is 57.1 Å². The van der Waals surface area contributed by atoms with Gasteiger partial charge in [-0.25, -0.2) is 0 Å². The molecule has 0 radical (unpaired) electrons. The third-order valence-corrected chi connectivity index (χ3v) is 1.82. The lowest BCUT2D eigenvalue weighted by Crippen LogP contribution is -2.25. The van der Waals surface area contributed by atoms with E-state index in [4.69, 9.17) is 0 Å². The molecule has 0 saturated heterocycles. The average molecular weight is 176 g/mol. The fourth-order valence-electron chi connectivity index (χ4n) is 1.19. The standard InChI is InChI=1S/C8H8N4O/c13-6-12-8(9-10-11-12)7-4-2-1-3-5-7/h1-6,8H,(H,9,11). The van der Waals surface area contributed by atoms with E-state index in [0.717, 1.165) is 5.56 Å². The smallest absolute Gasteiger partial charge is 0.233 e. The van der Waals surface area contributed by atoms with Crippen molar-refractivity contribution in [1.29, 1.82) is 0 Å². The molecule has 66 valence electrons. The zero-order valence-electron chi connectivity index (χ0n) is 6.79. The highest BCUT2D eigenvalue weighted by Gasteiger charge is 2.22. The van der Waals surface area contributed by atoms with E-state index in [2.05, 4.69) is 15.9 Å². The summed E-state index contributed by atoms with van der Waals surface area (Å²) in [6, 6.07) is 9.53. The molecular weight excluding hydrogens is 168 g/mol. The SMILES string of the molecule is O=CN1N=NNC1c1ccccc1. The number of carbonyl (C=O) groups is 1. The summed E-state index contributed by atoms with van der Waals surface area (Å²) in [5, 5.41) is 8.39. The van der Waals surface area contributed by atoms with Crippen molar-refractivity contribution in [2.24, 2.45) is 10.4 Å². The molecule has 0 spiro atoms. The number of hydrogen-bond donors (Lipinski definition) is 1. The van der Waals surface area contributed by atoms with Crippen LogP contribution in [0.1, 0.15) is 11.7 Å². The molecule has 1 aliphatic heterocycles. The van der Waals surface area contributed by atoms with Gasteiger partial charge in [-0.1, -0.05) is 35.6 Å². The molecule has 0 aromatic heterocycles. The van der Waals surface area contributed by atoms with Crippen LogP contribution in [0.2, 0.25) is 0 Å². The monoisotopic (exact) mass is 176 g/mol. The molecule has 2 rings (SSSR count). The van der Waals surface area contributed by atoms with Crippen LogP contribution in [-0.4, -0.2) is 11.4 Å². The van der Waals surface area contributed by atoms with Gasteiger partial charge in [-0.15, -0.1) is 0 Å². The van der Waals surface area contributed by atoms with Crippen molar-refractivity contribution < 1.29 is 4.79 Å². The summed E-state index contributed by atoms with van der Waals surface area (Å²) in [4.78, 5) is 10.5. The number of benzene rings is 1. The largest absolute Gasteiger partial charge is 0.277 e. The maximum atomic E-state index is 10.5. The van der Waals surface area contributed by atoms with Gasteiger partial charge in [0.15, 0.2) is 6.17 Å². The fourth-order valence-corrected chi connectivity index (χ4v) is 1.19. The van der Waals surface area contributed by atoms with Gasteiger partial charge in [0.1, 0.15) is 0 Å². The minimum Gasteiger partial charge on any atom is -0.277 e. The third kappa shape index (κ3) is 1.35. The predicted octanol–water partition coefficient (Wildman–Crippen LogP) is 1.03. The van der Waals surface area contributed by atoms with Gasteiger partial charge in [0.2, 0.25) is 6.41 Å². The molecule has 1 aromatic carbocycles. The summed E-state index contributed by atoms with van der Waals surface area (Å²) in [5.74, 6) is 0. The first-order chi connectivity index (χ1) is 6.42. The molecule has 1 atom stereocenters. The lowest BCUT2D eigenvalue weighted by Gasteiger charge is -2.14. The molecule has 13 heavy (non-hydrogen) atoms. The molecule has 5 nitrogen and oxygen atoms in total. The van der Waals surface area contributed by atoms with Crippen LogP contribution in [-0.2, 0) is 4.79 Å². The van der Waals surface area contributed by atoms with Gasteiger partial charge in [0.25, 0.3) is 0 Å². The Bertz CT molecular complexity index is 324. The number of amides is 1. The second kappa shape index (κ2) is 3.22. The number of hydrogen-bond acceptors (Lipinski definition) is 4. The second-order valence-corrected chi connectivity index (χ2v) is 2.62. The summed E-state index contributed by atoms with van der Waals surface area (Å²) in [7, 11) is 0. The zero-order valence-corrected chi connectivity index (χ0v) is 6.79. The van der Waals surface area contributed by atoms with E-state index in [0.29, 0.717) is 6.41 Å². The average Bonchev–Trinajstić information content (AvgIpc) is 2.67. The first-order valence-electron chi connectivity index (χ1n) is 3.86. The van der Waals surface area contributed by atoms with Crippen molar-refractivity contribution in [3.8, 4) is 0 Å². The van der Waals surface area contributed by atoms with E-state index in [-0.39, 0.29) is 6.17 Å². The van der Waals surface area contributed by atoms with Crippen molar-refractivity contribution in [1.82, 2.24) is 10.4 Å². The number of nitrogens with zero attached hydrogens (tertiary/aromatic N) is 3. The molecule has 1 aromatic rings. The molecule has 1 heterocycles. The molecule has 5 heteroatoms. The van der Waals surface area contributed by atoms with Crippen LogP contribution < -0.4 is 5.43 Å². The van der Waals surface area contributed by atoms with Crippen molar-refractivity contribution in [3.05, 3.63) is 35.9 Å². The van der Waals surface area contributed by atoms with Gasteiger partial charge < -0.3 is 0 Å². The normalized spacial score (nSPS) is 20.0. The summed E-state index contributed by atoms with van der Waals surface area (Å²) in [5.41, 5.74) is 3.68. The molecule has 0 aliphatic carbocycles. The van der Waals surface area contributed by atoms with E-state index >= 15 is 0 Å². The first kappa shape index (κ1) is 7.72. The highest BCUT2D eigenvalue weighted by Crippen LogP contribution is 2.20. The van der Waals surface area contributed by atoms with Crippen molar-refractivity contribution in [2.75, 3.05) is 0 Å². The molecule has 1 aliphatic rings. The van der Waals surface area contributed by atoms with E-state index < -0.39 is 0 Å². The predicted molar refractivity (Wildman–Crippen MR) is 45.1 cm³/mol. The molecule has 0 fully saturated rings. The van der Waals surface area contributed by atoms with E-state index in [1.807, 2.05) is 30.3 Å². The van der Waals surface area contributed by atoms with Gasteiger partial charge in [-0.3, -0.25) is 10.2 Å². The van der Waals surface area contributed by atoms with Crippen LogP contribution in [0.15, 0.2) is 40.8 Å². The third-order valence-electron chi connectivity index (χ3n) is 1.82. The number of rotatable bonds is 2. The maximum absolute atomic E-state index is 10.5. The lowest BCUT2D eigenvalue weighted by molar-refractivity contribution is -0.120. The minimum absolute atomic E-state index is 0.265. The Hall–Kier alpha value is -1.91. The van der Waals surface area contributed by atoms with Gasteiger partial charge in [-0.2, -0.15) is 5.01 Å². The van der Waals surface area contributed by atoms with Gasteiger partial charge in [0, 0.05) is 0 Å². The maximum Gasteiger partial charge on any atom is 0.233 e. The van der Waals surface area contributed by atoms with Crippen LogP contribution in [0.3, 0.4) is 0 Å². The van der Waals surface area contributed by atoms with Crippen molar-refractivity contribution in [2.45, 2.75) is 6.17 Å². The van der Waals surface area contributed by atoms with E-state index in [9.17, 15) is 4.79 Å². The summed E-state index contributed by atoms with van der Waals surface area (Å²) >= 11 is 0. The Morgan fingerprint density at radius 2 is 2.15 bits per heavy atom. The molecule has 1 N–H and O–H groups in total. The molecule has 1 amide bonds. The molecule has 1 unspecified atom stereocenters.